The van der Waals surface area contributed by atoms with Crippen molar-refractivity contribution in [1.82, 2.24) is 10.2 Å². The van der Waals surface area contributed by atoms with Crippen LogP contribution in [0.5, 0.6) is 0 Å². The third-order valence-electron chi connectivity index (χ3n) is 3.54. The molecule has 18 heavy (non-hydrogen) atoms. The first-order chi connectivity index (χ1) is 8.70. The summed E-state index contributed by atoms with van der Waals surface area (Å²) in [5.74, 6) is 0.574. The molecule has 0 aromatic heterocycles. The minimum atomic E-state index is 0.00326. The fraction of sp³-hybridized carbons (Fsp3) is 0.533. The third-order valence-corrected chi connectivity index (χ3v) is 3.54. The summed E-state index contributed by atoms with van der Waals surface area (Å²) in [6.07, 6.45) is 0. The van der Waals surface area contributed by atoms with Crippen molar-refractivity contribution in [2.24, 2.45) is 0 Å². The topological polar surface area (TPSA) is 39.1 Å². The van der Waals surface area contributed by atoms with E-state index in [1.807, 2.05) is 0 Å². The minimum absolute atomic E-state index is 0.00326. The Balaban J connectivity index is 2.02. The molecular weight excluding hydrogens is 222 g/mol. The van der Waals surface area contributed by atoms with E-state index in [0.29, 0.717) is 5.92 Å². The maximum Gasteiger partial charge on any atom is 0.111 e. The fourth-order valence-electron chi connectivity index (χ4n) is 2.31. The van der Waals surface area contributed by atoms with Crippen LogP contribution in [0.4, 0.5) is 0 Å². The van der Waals surface area contributed by atoms with Gasteiger partial charge in [-0.1, -0.05) is 38.1 Å². The number of piperazine rings is 1. The predicted octanol–water partition coefficient (Wildman–Crippen LogP) is 2.11. The second-order valence-corrected chi connectivity index (χ2v) is 5.22. The van der Waals surface area contributed by atoms with Crippen molar-refractivity contribution in [2.45, 2.75) is 32.4 Å². The first kappa shape index (κ1) is 13.1. The van der Waals surface area contributed by atoms with Crippen LogP contribution in [0.1, 0.15) is 30.9 Å². The highest BCUT2D eigenvalue weighted by Gasteiger charge is 2.21. The minimum Gasteiger partial charge on any atom is -0.313 e. The van der Waals surface area contributed by atoms with E-state index in [4.69, 9.17) is 5.26 Å². The lowest BCUT2D eigenvalue weighted by Crippen LogP contribution is -2.49. The largest absolute Gasteiger partial charge is 0.313 e. The van der Waals surface area contributed by atoms with Crippen molar-refractivity contribution >= 4 is 0 Å². The van der Waals surface area contributed by atoms with Crippen LogP contribution in [0.2, 0.25) is 0 Å². The molecule has 1 aliphatic rings. The molecule has 1 aromatic carbocycles. The average Bonchev–Trinajstić information content (AvgIpc) is 2.40. The predicted molar refractivity (Wildman–Crippen MR) is 73.2 cm³/mol. The Morgan fingerprint density at radius 1 is 1.39 bits per heavy atom. The first-order valence-corrected chi connectivity index (χ1v) is 6.64. The Labute approximate surface area is 109 Å². The van der Waals surface area contributed by atoms with E-state index in [2.05, 4.69) is 54.4 Å². The highest BCUT2D eigenvalue weighted by atomic mass is 15.2. The highest BCUT2D eigenvalue weighted by molar-refractivity contribution is 5.24. The Hall–Kier alpha value is -1.37. The molecule has 0 radical (unpaired) electrons. The fourth-order valence-corrected chi connectivity index (χ4v) is 2.31. The van der Waals surface area contributed by atoms with Gasteiger partial charge in [-0.15, -0.1) is 0 Å². The molecule has 1 unspecified atom stereocenters. The Kier molecular flexibility index (Phi) is 4.35. The van der Waals surface area contributed by atoms with Gasteiger partial charge < -0.3 is 5.32 Å². The van der Waals surface area contributed by atoms with Crippen LogP contribution in [0, 0.1) is 11.3 Å². The molecule has 2 rings (SSSR count). The molecule has 1 atom stereocenters. The van der Waals surface area contributed by atoms with E-state index < -0.39 is 0 Å². The van der Waals surface area contributed by atoms with Gasteiger partial charge in [0.2, 0.25) is 0 Å². The zero-order valence-corrected chi connectivity index (χ0v) is 11.2. The van der Waals surface area contributed by atoms with Crippen LogP contribution in [0.15, 0.2) is 24.3 Å². The third kappa shape index (κ3) is 3.10. The number of benzene rings is 1. The molecular formula is C15H21N3. The summed E-state index contributed by atoms with van der Waals surface area (Å²) < 4.78 is 0. The van der Waals surface area contributed by atoms with E-state index in [1.165, 1.54) is 11.1 Å². The maximum atomic E-state index is 9.12. The van der Waals surface area contributed by atoms with Crippen LogP contribution in [0.3, 0.4) is 0 Å². The zero-order chi connectivity index (χ0) is 13.0. The van der Waals surface area contributed by atoms with Crippen molar-refractivity contribution < 1.29 is 0 Å². The number of nitrogens with one attached hydrogen (secondary N) is 1. The second-order valence-electron chi connectivity index (χ2n) is 5.22. The van der Waals surface area contributed by atoms with Crippen molar-refractivity contribution in [1.29, 1.82) is 5.26 Å². The molecule has 0 saturated carbocycles. The lowest BCUT2D eigenvalue weighted by Gasteiger charge is -2.31. The van der Waals surface area contributed by atoms with E-state index in [0.717, 1.165) is 26.2 Å². The Morgan fingerprint density at radius 3 is 2.72 bits per heavy atom. The van der Waals surface area contributed by atoms with Crippen molar-refractivity contribution in [2.75, 3.05) is 19.6 Å². The molecule has 0 aliphatic carbocycles. The van der Waals surface area contributed by atoms with Gasteiger partial charge in [0.05, 0.1) is 6.07 Å². The summed E-state index contributed by atoms with van der Waals surface area (Å²) in [7, 11) is 0. The molecule has 1 saturated heterocycles. The molecule has 3 heteroatoms. The Morgan fingerprint density at radius 2 is 2.11 bits per heavy atom. The van der Waals surface area contributed by atoms with Gasteiger partial charge in [-0.05, 0) is 17.0 Å². The van der Waals surface area contributed by atoms with Crippen LogP contribution >= 0.6 is 0 Å². The molecule has 0 amide bonds. The normalized spacial score (nSPS) is 20.9. The molecule has 3 nitrogen and oxygen atoms in total. The maximum absolute atomic E-state index is 9.12. The number of nitriles is 1. The van der Waals surface area contributed by atoms with Gasteiger partial charge in [0.25, 0.3) is 0 Å². The van der Waals surface area contributed by atoms with Crippen molar-refractivity contribution in [3.8, 4) is 6.07 Å². The molecule has 0 spiro atoms. The van der Waals surface area contributed by atoms with Crippen molar-refractivity contribution in [3.63, 3.8) is 0 Å². The second kappa shape index (κ2) is 5.99. The molecule has 1 fully saturated rings. The van der Waals surface area contributed by atoms with Crippen LogP contribution in [-0.2, 0) is 6.54 Å². The number of hydrogen-bond acceptors (Lipinski definition) is 3. The van der Waals surface area contributed by atoms with Crippen LogP contribution in [0.25, 0.3) is 0 Å². The zero-order valence-electron chi connectivity index (χ0n) is 11.2. The average molecular weight is 243 g/mol. The SMILES string of the molecule is CC(C)c1ccc(CN2CCNCC2C#N)cc1. The monoisotopic (exact) mass is 243 g/mol. The summed E-state index contributed by atoms with van der Waals surface area (Å²) in [6, 6.07) is 11.1. The molecule has 1 N–H and O–H groups in total. The van der Waals surface area contributed by atoms with Gasteiger partial charge >= 0.3 is 0 Å². The smallest absolute Gasteiger partial charge is 0.111 e. The molecule has 96 valence electrons. The van der Waals surface area contributed by atoms with E-state index in [-0.39, 0.29) is 6.04 Å². The van der Waals surface area contributed by atoms with Gasteiger partial charge in [0, 0.05) is 26.2 Å². The number of nitrogens with zero attached hydrogens (tertiary/aromatic N) is 2. The number of rotatable bonds is 3. The standard InChI is InChI=1S/C15H21N3/c1-12(2)14-5-3-13(4-6-14)11-18-8-7-17-10-15(18)9-16/h3-6,12,15,17H,7-8,10-11H2,1-2H3. The van der Waals surface area contributed by atoms with Crippen LogP contribution in [-0.4, -0.2) is 30.6 Å². The number of hydrogen-bond donors (Lipinski definition) is 1. The van der Waals surface area contributed by atoms with Gasteiger partial charge in [0.15, 0.2) is 0 Å². The van der Waals surface area contributed by atoms with Crippen LogP contribution < -0.4 is 5.32 Å². The Bertz CT molecular complexity index is 416. The summed E-state index contributed by atoms with van der Waals surface area (Å²) in [5.41, 5.74) is 2.66. The van der Waals surface area contributed by atoms with Gasteiger partial charge in [-0.25, -0.2) is 0 Å². The molecule has 1 aliphatic heterocycles. The summed E-state index contributed by atoms with van der Waals surface area (Å²) in [4.78, 5) is 2.25. The highest BCUT2D eigenvalue weighted by Crippen LogP contribution is 2.16. The summed E-state index contributed by atoms with van der Waals surface area (Å²) in [6.45, 7) is 7.99. The van der Waals surface area contributed by atoms with Gasteiger partial charge in [-0.3, -0.25) is 4.90 Å². The quantitative estimate of drug-likeness (QED) is 0.883. The lowest BCUT2D eigenvalue weighted by molar-refractivity contribution is 0.189. The van der Waals surface area contributed by atoms with Crippen molar-refractivity contribution in [3.05, 3.63) is 35.4 Å². The van der Waals surface area contributed by atoms with E-state index in [9.17, 15) is 0 Å². The molecule has 1 aromatic rings. The van der Waals surface area contributed by atoms with Gasteiger partial charge in [0.1, 0.15) is 6.04 Å². The molecule has 0 bridgehead atoms. The van der Waals surface area contributed by atoms with E-state index in [1.54, 1.807) is 0 Å². The lowest BCUT2D eigenvalue weighted by atomic mass is 10.0. The molecule has 1 heterocycles. The van der Waals surface area contributed by atoms with E-state index >= 15 is 0 Å². The summed E-state index contributed by atoms with van der Waals surface area (Å²) in [5, 5.41) is 12.4. The summed E-state index contributed by atoms with van der Waals surface area (Å²) >= 11 is 0. The van der Waals surface area contributed by atoms with Gasteiger partial charge in [-0.2, -0.15) is 5.26 Å². The first-order valence-electron chi connectivity index (χ1n) is 6.64.